The molecular formula is C7H5ClN2O3. The summed E-state index contributed by atoms with van der Waals surface area (Å²) >= 11 is 5.15. The highest BCUT2D eigenvalue weighted by Crippen LogP contribution is 2.20. The maximum absolute atomic E-state index is 10.7. The zero-order chi connectivity index (χ0) is 10.0. The Balaban J connectivity index is 3.20. The number of carbonyl (C=O) groups excluding carboxylic acids is 1. The van der Waals surface area contributed by atoms with Crippen LogP contribution in [0.1, 0.15) is 10.4 Å². The first-order chi connectivity index (χ1) is 6.02. The van der Waals surface area contributed by atoms with E-state index in [-0.39, 0.29) is 16.9 Å². The van der Waals surface area contributed by atoms with Crippen molar-refractivity contribution in [3.8, 4) is 0 Å². The SMILES string of the molecule is Nc1cc([N+](=O)[O-])ccc1C(=O)Cl. The first-order valence-corrected chi connectivity index (χ1v) is 3.64. The van der Waals surface area contributed by atoms with E-state index in [1.54, 1.807) is 0 Å². The Morgan fingerprint density at radius 3 is 2.54 bits per heavy atom. The highest BCUT2D eigenvalue weighted by atomic mass is 35.5. The molecule has 0 aromatic heterocycles. The van der Waals surface area contributed by atoms with Crippen LogP contribution in [0.15, 0.2) is 18.2 Å². The Morgan fingerprint density at radius 2 is 2.15 bits per heavy atom. The average molecular weight is 201 g/mol. The van der Waals surface area contributed by atoms with Crippen LogP contribution in [0.4, 0.5) is 11.4 Å². The molecule has 0 fully saturated rings. The summed E-state index contributed by atoms with van der Waals surface area (Å²) in [4.78, 5) is 20.3. The van der Waals surface area contributed by atoms with E-state index in [0.717, 1.165) is 6.07 Å². The molecule has 13 heavy (non-hydrogen) atoms. The predicted molar refractivity (Wildman–Crippen MR) is 47.7 cm³/mol. The number of benzene rings is 1. The van der Waals surface area contributed by atoms with Crippen molar-refractivity contribution < 1.29 is 9.72 Å². The molecule has 0 amide bonds. The fourth-order valence-electron chi connectivity index (χ4n) is 0.843. The molecule has 0 radical (unpaired) electrons. The van der Waals surface area contributed by atoms with Gasteiger partial charge in [0.05, 0.1) is 16.2 Å². The largest absolute Gasteiger partial charge is 0.398 e. The number of non-ortho nitro benzene ring substituents is 1. The van der Waals surface area contributed by atoms with E-state index in [0.29, 0.717) is 0 Å². The van der Waals surface area contributed by atoms with Gasteiger partial charge in [0.2, 0.25) is 0 Å². The summed E-state index contributed by atoms with van der Waals surface area (Å²) in [5.41, 5.74) is 5.27. The van der Waals surface area contributed by atoms with E-state index >= 15 is 0 Å². The van der Waals surface area contributed by atoms with Crippen molar-refractivity contribution in [3.05, 3.63) is 33.9 Å². The molecule has 0 saturated heterocycles. The number of carbonyl (C=O) groups is 1. The molecule has 68 valence electrons. The van der Waals surface area contributed by atoms with Gasteiger partial charge in [-0.2, -0.15) is 0 Å². The van der Waals surface area contributed by atoms with Crippen LogP contribution in [-0.2, 0) is 0 Å². The van der Waals surface area contributed by atoms with Gasteiger partial charge in [-0.1, -0.05) is 0 Å². The maximum atomic E-state index is 10.7. The van der Waals surface area contributed by atoms with Gasteiger partial charge in [-0.3, -0.25) is 14.9 Å². The normalized spacial score (nSPS) is 9.62. The summed E-state index contributed by atoms with van der Waals surface area (Å²) in [6.45, 7) is 0. The molecule has 0 spiro atoms. The van der Waals surface area contributed by atoms with Gasteiger partial charge in [0.1, 0.15) is 0 Å². The molecule has 6 heteroatoms. The van der Waals surface area contributed by atoms with Crippen LogP contribution in [-0.4, -0.2) is 10.2 Å². The molecule has 1 rings (SSSR count). The third-order valence-electron chi connectivity index (χ3n) is 1.46. The van der Waals surface area contributed by atoms with E-state index in [4.69, 9.17) is 17.3 Å². The number of nitrogens with two attached hydrogens (primary N) is 1. The Labute approximate surface area is 78.3 Å². The Kier molecular flexibility index (Phi) is 2.48. The van der Waals surface area contributed by atoms with E-state index in [1.807, 2.05) is 0 Å². The molecule has 0 atom stereocenters. The lowest BCUT2D eigenvalue weighted by Crippen LogP contribution is -1.98. The highest BCUT2D eigenvalue weighted by molar-refractivity contribution is 6.68. The van der Waals surface area contributed by atoms with Crippen LogP contribution < -0.4 is 5.73 Å². The van der Waals surface area contributed by atoms with Gasteiger partial charge in [0.15, 0.2) is 0 Å². The van der Waals surface area contributed by atoms with Crippen molar-refractivity contribution in [3.63, 3.8) is 0 Å². The zero-order valence-electron chi connectivity index (χ0n) is 6.36. The number of nitro groups is 1. The Bertz CT molecular complexity index is 378. The number of hydrogen-bond acceptors (Lipinski definition) is 4. The monoisotopic (exact) mass is 200 g/mol. The second-order valence-corrected chi connectivity index (χ2v) is 2.65. The van der Waals surface area contributed by atoms with Crippen LogP contribution in [0.5, 0.6) is 0 Å². The number of nitrogen functional groups attached to an aromatic ring is 1. The van der Waals surface area contributed by atoms with Gasteiger partial charge < -0.3 is 5.73 Å². The number of rotatable bonds is 2. The number of halogens is 1. The van der Waals surface area contributed by atoms with Crippen molar-refractivity contribution in [2.45, 2.75) is 0 Å². The number of hydrogen-bond donors (Lipinski definition) is 1. The number of nitrogens with zero attached hydrogens (tertiary/aromatic N) is 1. The molecule has 0 heterocycles. The molecule has 5 nitrogen and oxygen atoms in total. The molecule has 0 unspecified atom stereocenters. The molecule has 0 aliphatic rings. The van der Waals surface area contributed by atoms with Crippen LogP contribution in [0.25, 0.3) is 0 Å². The highest BCUT2D eigenvalue weighted by Gasteiger charge is 2.11. The van der Waals surface area contributed by atoms with Gasteiger partial charge in [-0.25, -0.2) is 0 Å². The fourth-order valence-corrected chi connectivity index (χ4v) is 1.01. The van der Waals surface area contributed by atoms with Gasteiger partial charge >= 0.3 is 0 Å². The summed E-state index contributed by atoms with van der Waals surface area (Å²) < 4.78 is 0. The lowest BCUT2D eigenvalue weighted by molar-refractivity contribution is -0.384. The average Bonchev–Trinajstić information content (AvgIpc) is 2.03. The van der Waals surface area contributed by atoms with Gasteiger partial charge in [-0.15, -0.1) is 0 Å². The molecular weight excluding hydrogens is 196 g/mol. The van der Waals surface area contributed by atoms with Gasteiger partial charge in [0, 0.05) is 12.1 Å². The molecule has 1 aromatic carbocycles. The molecule has 2 N–H and O–H groups in total. The molecule has 1 aromatic rings. The van der Waals surface area contributed by atoms with Crippen LogP contribution in [0, 0.1) is 10.1 Å². The van der Waals surface area contributed by atoms with E-state index in [9.17, 15) is 14.9 Å². The van der Waals surface area contributed by atoms with Crippen molar-refractivity contribution in [2.24, 2.45) is 0 Å². The second kappa shape index (κ2) is 3.40. The van der Waals surface area contributed by atoms with E-state index < -0.39 is 10.2 Å². The van der Waals surface area contributed by atoms with Crippen LogP contribution in [0.3, 0.4) is 0 Å². The van der Waals surface area contributed by atoms with Crippen molar-refractivity contribution in [2.75, 3.05) is 5.73 Å². The van der Waals surface area contributed by atoms with E-state index in [1.165, 1.54) is 12.1 Å². The second-order valence-electron chi connectivity index (χ2n) is 2.30. The maximum Gasteiger partial charge on any atom is 0.271 e. The van der Waals surface area contributed by atoms with Crippen molar-refractivity contribution in [1.29, 1.82) is 0 Å². The minimum absolute atomic E-state index is 0.00852. The molecule has 0 saturated carbocycles. The minimum Gasteiger partial charge on any atom is -0.398 e. The zero-order valence-corrected chi connectivity index (χ0v) is 7.12. The molecule has 0 bridgehead atoms. The van der Waals surface area contributed by atoms with E-state index in [2.05, 4.69) is 0 Å². The number of nitro benzene ring substituents is 1. The van der Waals surface area contributed by atoms with Crippen LogP contribution in [0.2, 0.25) is 0 Å². The van der Waals surface area contributed by atoms with Gasteiger partial charge in [-0.05, 0) is 17.7 Å². The summed E-state index contributed by atoms with van der Waals surface area (Å²) in [5.74, 6) is 0. The third-order valence-corrected chi connectivity index (χ3v) is 1.66. The summed E-state index contributed by atoms with van der Waals surface area (Å²) in [6, 6.07) is 3.49. The molecule has 0 aliphatic carbocycles. The van der Waals surface area contributed by atoms with Crippen molar-refractivity contribution >= 4 is 28.2 Å². The third kappa shape index (κ3) is 1.94. The summed E-state index contributed by atoms with van der Waals surface area (Å²) in [5, 5.41) is 9.54. The lowest BCUT2D eigenvalue weighted by Gasteiger charge is -1.98. The summed E-state index contributed by atoms with van der Waals surface area (Å²) in [7, 11) is 0. The van der Waals surface area contributed by atoms with Crippen LogP contribution >= 0.6 is 11.6 Å². The lowest BCUT2D eigenvalue weighted by atomic mass is 10.2. The summed E-state index contributed by atoms with van der Waals surface area (Å²) in [6.07, 6.45) is 0. The Morgan fingerprint density at radius 1 is 1.54 bits per heavy atom. The minimum atomic E-state index is -0.729. The van der Waals surface area contributed by atoms with Gasteiger partial charge in [0.25, 0.3) is 10.9 Å². The standard InChI is InChI=1S/C7H5ClN2O3/c8-7(11)5-2-1-4(10(12)13)3-6(5)9/h1-3H,9H2. The smallest absolute Gasteiger partial charge is 0.271 e. The fraction of sp³-hybridized carbons (Fsp3) is 0. The first-order valence-electron chi connectivity index (χ1n) is 3.26. The topological polar surface area (TPSA) is 86.2 Å². The first kappa shape index (κ1) is 9.47. The predicted octanol–water partition coefficient (Wildman–Crippen LogP) is 1.56. The quantitative estimate of drug-likeness (QED) is 0.340. The molecule has 0 aliphatic heterocycles. The van der Waals surface area contributed by atoms with Crippen molar-refractivity contribution in [1.82, 2.24) is 0 Å². The Hall–Kier alpha value is -1.62. The number of anilines is 1.